The molecule has 0 saturated carbocycles. The molecule has 0 aromatic heterocycles. The van der Waals surface area contributed by atoms with Crippen LogP contribution in [0.3, 0.4) is 0 Å². The monoisotopic (exact) mass is 405 g/mol. The third kappa shape index (κ3) is 4.28. The molecule has 7 nitrogen and oxygen atoms in total. The highest BCUT2D eigenvalue weighted by atomic mass is 35.5. The number of sulfonamides is 1. The summed E-state index contributed by atoms with van der Waals surface area (Å²) < 4.78 is 37.4. The highest BCUT2D eigenvalue weighted by molar-refractivity contribution is 7.92. The van der Waals surface area contributed by atoms with Crippen molar-refractivity contribution in [2.75, 3.05) is 18.9 Å². The van der Waals surface area contributed by atoms with E-state index in [9.17, 15) is 18.3 Å². The van der Waals surface area contributed by atoms with Crippen LogP contribution < -0.4 is 14.2 Å². The number of ether oxygens (including phenoxy) is 2. The van der Waals surface area contributed by atoms with Crippen LogP contribution in [0.1, 0.15) is 10.4 Å². The number of carboxylic acid groups (broad SMARTS) is 1. The summed E-state index contributed by atoms with van der Waals surface area (Å²) in [5.74, 6) is -1.04. The molecule has 0 atom stereocenters. The van der Waals surface area contributed by atoms with E-state index in [2.05, 4.69) is 4.72 Å². The van der Waals surface area contributed by atoms with Crippen molar-refractivity contribution < 1.29 is 27.8 Å². The first kappa shape index (κ1) is 19.2. The minimum absolute atomic E-state index is 0.124. The molecule has 134 valence electrons. The van der Waals surface area contributed by atoms with Crippen LogP contribution >= 0.6 is 23.2 Å². The number of nitrogens with one attached hydrogen (secondary N) is 1. The summed E-state index contributed by atoms with van der Waals surface area (Å²) in [6.07, 6.45) is 0. The molecule has 2 rings (SSSR count). The number of rotatable bonds is 6. The molecule has 2 N–H and O–H groups in total. The molecule has 0 aliphatic rings. The van der Waals surface area contributed by atoms with Crippen LogP contribution in [-0.2, 0) is 10.0 Å². The van der Waals surface area contributed by atoms with Crippen LogP contribution in [0.25, 0.3) is 0 Å². The van der Waals surface area contributed by atoms with Gasteiger partial charge < -0.3 is 14.6 Å². The summed E-state index contributed by atoms with van der Waals surface area (Å²) in [5.41, 5.74) is -0.504. The second-order valence-electron chi connectivity index (χ2n) is 4.77. The van der Waals surface area contributed by atoms with E-state index in [1.807, 2.05) is 0 Å². The number of carbonyl (C=O) groups is 1. The topological polar surface area (TPSA) is 102 Å². The third-order valence-corrected chi connectivity index (χ3v) is 4.93. The molecular formula is C15H13Cl2NO6S. The van der Waals surface area contributed by atoms with Gasteiger partial charge in [-0.05, 0) is 18.2 Å². The smallest absolute Gasteiger partial charge is 0.337 e. The number of halogens is 2. The fraction of sp³-hybridized carbons (Fsp3) is 0.133. The molecule has 2 aromatic carbocycles. The summed E-state index contributed by atoms with van der Waals surface area (Å²) >= 11 is 11.6. The van der Waals surface area contributed by atoms with E-state index in [1.165, 1.54) is 38.5 Å². The molecule has 0 aliphatic carbocycles. The molecule has 0 radical (unpaired) electrons. The van der Waals surface area contributed by atoms with Gasteiger partial charge in [0.1, 0.15) is 0 Å². The second kappa shape index (κ2) is 7.38. The maximum Gasteiger partial charge on any atom is 0.337 e. The van der Waals surface area contributed by atoms with Crippen molar-refractivity contribution in [3.05, 3.63) is 45.9 Å². The van der Waals surface area contributed by atoms with Crippen molar-refractivity contribution >= 4 is 44.9 Å². The standard InChI is InChI=1S/C15H13Cl2NO6S/c1-23-13-6-11(15(19)20)12(7-14(13)24-2)18-25(21,22)10-4-8(16)3-9(17)5-10/h3-7,18H,1-2H3,(H,19,20). The predicted octanol–water partition coefficient (Wildman–Crippen LogP) is 3.51. The lowest BCUT2D eigenvalue weighted by atomic mass is 10.1. The maximum absolute atomic E-state index is 12.5. The Morgan fingerprint density at radius 1 is 1.00 bits per heavy atom. The average Bonchev–Trinajstić information content (AvgIpc) is 2.52. The summed E-state index contributed by atoms with van der Waals surface area (Å²) in [6, 6.07) is 6.13. The fourth-order valence-corrected chi connectivity index (χ4v) is 3.82. The van der Waals surface area contributed by atoms with Gasteiger partial charge in [-0.2, -0.15) is 0 Å². The summed E-state index contributed by atoms with van der Waals surface area (Å²) in [4.78, 5) is 11.2. The third-order valence-electron chi connectivity index (χ3n) is 3.14. The van der Waals surface area contributed by atoms with Crippen LogP contribution in [-0.4, -0.2) is 33.7 Å². The molecule has 0 spiro atoms. The maximum atomic E-state index is 12.5. The Balaban J connectivity index is 2.56. The molecule has 2 aromatic rings. The number of benzene rings is 2. The van der Waals surface area contributed by atoms with E-state index in [-0.39, 0.29) is 37.7 Å². The van der Waals surface area contributed by atoms with E-state index in [0.717, 1.165) is 6.07 Å². The normalized spacial score (nSPS) is 11.0. The lowest BCUT2D eigenvalue weighted by Crippen LogP contribution is -2.16. The van der Waals surface area contributed by atoms with Gasteiger partial charge in [0.25, 0.3) is 10.0 Å². The van der Waals surface area contributed by atoms with E-state index in [4.69, 9.17) is 32.7 Å². The van der Waals surface area contributed by atoms with Gasteiger partial charge in [0.2, 0.25) is 0 Å². The van der Waals surface area contributed by atoms with Crippen LogP contribution in [0.4, 0.5) is 5.69 Å². The largest absolute Gasteiger partial charge is 0.493 e. The number of hydrogen-bond donors (Lipinski definition) is 2. The molecular weight excluding hydrogens is 393 g/mol. The summed E-state index contributed by atoms with van der Waals surface area (Å²) in [7, 11) is -1.46. The van der Waals surface area contributed by atoms with Crippen molar-refractivity contribution in [2.45, 2.75) is 4.90 Å². The fourth-order valence-electron chi connectivity index (χ4n) is 2.03. The van der Waals surface area contributed by atoms with Crippen LogP contribution in [0, 0.1) is 0 Å². The Morgan fingerprint density at radius 2 is 1.52 bits per heavy atom. The molecule has 0 amide bonds. The van der Waals surface area contributed by atoms with Gasteiger partial charge in [0, 0.05) is 22.2 Å². The van der Waals surface area contributed by atoms with Gasteiger partial charge in [0.15, 0.2) is 11.5 Å². The number of hydrogen-bond acceptors (Lipinski definition) is 5. The van der Waals surface area contributed by atoms with Gasteiger partial charge in [-0.3, -0.25) is 4.72 Å². The minimum atomic E-state index is -4.14. The number of methoxy groups -OCH3 is 2. The first-order valence-electron chi connectivity index (χ1n) is 6.66. The first-order chi connectivity index (χ1) is 11.7. The molecule has 0 bridgehead atoms. The zero-order chi connectivity index (χ0) is 18.8. The van der Waals surface area contributed by atoms with Crippen molar-refractivity contribution in [2.24, 2.45) is 0 Å². The molecule has 0 aliphatic heterocycles. The molecule has 0 saturated heterocycles. The van der Waals surface area contributed by atoms with Gasteiger partial charge in [-0.15, -0.1) is 0 Å². The van der Waals surface area contributed by atoms with Crippen molar-refractivity contribution in [3.63, 3.8) is 0 Å². The Morgan fingerprint density at radius 3 is 2.00 bits per heavy atom. The summed E-state index contributed by atoms with van der Waals surface area (Å²) in [5, 5.41) is 9.58. The lowest BCUT2D eigenvalue weighted by molar-refractivity contribution is 0.0697. The van der Waals surface area contributed by atoms with Crippen LogP contribution in [0.5, 0.6) is 11.5 Å². The van der Waals surface area contributed by atoms with Crippen molar-refractivity contribution in [3.8, 4) is 11.5 Å². The van der Waals surface area contributed by atoms with E-state index in [1.54, 1.807) is 0 Å². The average molecular weight is 406 g/mol. The Labute approximate surface area is 154 Å². The summed E-state index contributed by atoms with van der Waals surface area (Å²) in [6.45, 7) is 0. The molecule has 10 heteroatoms. The SMILES string of the molecule is COc1cc(NS(=O)(=O)c2cc(Cl)cc(Cl)c2)c(C(=O)O)cc1OC. The van der Waals surface area contributed by atoms with E-state index in [0.29, 0.717) is 0 Å². The molecule has 0 fully saturated rings. The number of anilines is 1. The quantitative estimate of drug-likeness (QED) is 0.761. The van der Waals surface area contributed by atoms with Gasteiger partial charge in [0.05, 0.1) is 30.4 Å². The van der Waals surface area contributed by atoms with E-state index >= 15 is 0 Å². The van der Waals surface area contributed by atoms with Crippen LogP contribution in [0.2, 0.25) is 10.0 Å². The second-order valence-corrected chi connectivity index (χ2v) is 7.32. The Bertz CT molecular complexity index is 910. The van der Waals surface area contributed by atoms with Gasteiger partial charge in [-0.25, -0.2) is 13.2 Å². The molecule has 0 heterocycles. The van der Waals surface area contributed by atoms with Crippen LogP contribution in [0.15, 0.2) is 35.2 Å². The van der Waals surface area contributed by atoms with Crippen molar-refractivity contribution in [1.29, 1.82) is 0 Å². The van der Waals surface area contributed by atoms with Gasteiger partial charge in [-0.1, -0.05) is 23.2 Å². The number of carboxylic acids is 1. The zero-order valence-electron chi connectivity index (χ0n) is 13.0. The highest BCUT2D eigenvalue weighted by Crippen LogP contribution is 2.34. The first-order valence-corrected chi connectivity index (χ1v) is 8.90. The number of aromatic carboxylic acids is 1. The zero-order valence-corrected chi connectivity index (χ0v) is 15.4. The van der Waals surface area contributed by atoms with E-state index < -0.39 is 16.0 Å². The minimum Gasteiger partial charge on any atom is -0.493 e. The lowest BCUT2D eigenvalue weighted by Gasteiger charge is -2.15. The molecule has 0 unspecified atom stereocenters. The predicted molar refractivity (Wildman–Crippen MR) is 93.8 cm³/mol. The Kier molecular flexibility index (Phi) is 5.66. The van der Waals surface area contributed by atoms with Crippen molar-refractivity contribution in [1.82, 2.24) is 0 Å². The Hall–Kier alpha value is -2.16. The molecule has 25 heavy (non-hydrogen) atoms. The highest BCUT2D eigenvalue weighted by Gasteiger charge is 2.22. The van der Waals surface area contributed by atoms with Gasteiger partial charge >= 0.3 is 5.97 Å².